The average Bonchev–Trinajstić information content (AvgIpc) is 3.68. The summed E-state index contributed by atoms with van der Waals surface area (Å²) in [6.45, 7) is 10.8. The van der Waals surface area contributed by atoms with Crippen LogP contribution in [0.1, 0.15) is 54.4 Å². The lowest BCUT2D eigenvalue weighted by Gasteiger charge is -2.27. The van der Waals surface area contributed by atoms with Crippen LogP contribution in [0.25, 0.3) is 0 Å². The number of aliphatic carboxylic acids is 1. The van der Waals surface area contributed by atoms with E-state index in [1.54, 1.807) is 40.3 Å². The molecule has 2 aromatic heterocycles. The van der Waals surface area contributed by atoms with E-state index in [-0.39, 0.29) is 24.2 Å². The van der Waals surface area contributed by atoms with Crippen molar-refractivity contribution in [3.05, 3.63) is 57.9 Å². The number of nitrogens with zero attached hydrogens (tertiary/aromatic N) is 5. The van der Waals surface area contributed by atoms with Gasteiger partial charge in [0.1, 0.15) is 17.5 Å². The number of nitrogens with one attached hydrogen (secondary N) is 1. The second kappa shape index (κ2) is 14.1. The molecule has 0 radical (unpaired) electrons. The lowest BCUT2D eigenvalue weighted by molar-refractivity contribution is -0.137. The first kappa shape index (κ1) is 30.8. The van der Waals surface area contributed by atoms with Gasteiger partial charge in [0.2, 0.25) is 5.95 Å². The van der Waals surface area contributed by atoms with Crippen LogP contribution in [0.4, 0.5) is 22.2 Å². The third kappa shape index (κ3) is 7.17. The number of benzene rings is 1. The van der Waals surface area contributed by atoms with E-state index >= 15 is 0 Å². The summed E-state index contributed by atoms with van der Waals surface area (Å²) in [5, 5.41) is 15.1. The average molecular weight is 595 g/mol. The molecule has 0 unspecified atom stereocenters. The standard InChI is InChI=1S/C30H38N6O5S/c1-5-34(6-2)29-31-19-24(36(7-3)27(37)25-20(4)14-17-42-25)26(33-29)32-23(28(38)39)18-21-10-12-22(13-11-21)41-30(40)35-15-8-9-16-35/h10-14,17,19,23H,5-9,15-16,18H2,1-4H3,(H,38,39)(H,31,32,33)/t23-/m0/s1. The van der Waals surface area contributed by atoms with Crippen LogP contribution in [0.15, 0.2) is 41.9 Å². The van der Waals surface area contributed by atoms with Gasteiger partial charge in [0, 0.05) is 39.1 Å². The number of aryl methyl sites for hydroxylation is 1. The SMILES string of the molecule is CCN(CC)c1ncc(N(CC)C(=O)c2sccc2C)c(N[C@@H](Cc2ccc(OC(=O)N3CCCC3)cc2)C(=O)O)n1. The first-order chi connectivity index (χ1) is 20.2. The van der Waals surface area contributed by atoms with Crippen LogP contribution >= 0.6 is 11.3 Å². The number of carbonyl (C=O) groups excluding carboxylic acids is 2. The highest BCUT2D eigenvalue weighted by atomic mass is 32.1. The van der Waals surface area contributed by atoms with Crippen molar-refractivity contribution in [1.29, 1.82) is 0 Å². The molecule has 0 saturated carbocycles. The van der Waals surface area contributed by atoms with E-state index in [2.05, 4.69) is 10.3 Å². The monoisotopic (exact) mass is 594 g/mol. The molecule has 0 spiro atoms. The molecular formula is C30H38N6O5S. The molecule has 1 fully saturated rings. The Kier molecular flexibility index (Phi) is 10.3. The topological polar surface area (TPSA) is 128 Å². The number of ether oxygens (including phenoxy) is 1. The smallest absolute Gasteiger partial charge is 0.415 e. The van der Waals surface area contributed by atoms with Crippen molar-refractivity contribution in [2.45, 2.75) is 53.0 Å². The fourth-order valence-electron chi connectivity index (χ4n) is 4.83. The first-order valence-corrected chi connectivity index (χ1v) is 15.2. The lowest BCUT2D eigenvalue weighted by Crippen LogP contribution is -2.36. The van der Waals surface area contributed by atoms with Crippen molar-refractivity contribution in [1.82, 2.24) is 14.9 Å². The number of hydrogen-bond donors (Lipinski definition) is 2. The zero-order chi connectivity index (χ0) is 30.2. The summed E-state index contributed by atoms with van der Waals surface area (Å²) in [4.78, 5) is 53.3. The molecule has 2 N–H and O–H groups in total. The molecule has 0 aliphatic carbocycles. The van der Waals surface area contributed by atoms with Crippen molar-refractivity contribution in [2.24, 2.45) is 0 Å². The summed E-state index contributed by atoms with van der Waals surface area (Å²) < 4.78 is 5.47. The molecule has 2 amide bonds. The number of anilines is 3. The maximum Gasteiger partial charge on any atom is 0.415 e. The van der Waals surface area contributed by atoms with E-state index in [9.17, 15) is 19.5 Å². The molecule has 1 saturated heterocycles. The van der Waals surface area contributed by atoms with Crippen LogP contribution < -0.4 is 19.9 Å². The Morgan fingerprint density at radius 2 is 1.76 bits per heavy atom. The summed E-state index contributed by atoms with van der Waals surface area (Å²) in [5.41, 5.74) is 2.01. The number of rotatable bonds is 12. The minimum atomic E-state index is -1.07. The lowest BCUT2D eigenvalue weighted by atomic mass is 10.1. The van der Waals surface area contributed by atoms with Crippen molar-refractivity contribution >= 4 is 46.8 Å². The third-order valence-electron chi connectivity index (χ3n) is 7.25. The van der Waals surface area contributed by atoms with E-state index in [1.807, 2.05) is 44.0 Å². The van der Waals surface area contributed by atoms with Crippen LogP contribution in [-0.4, -0.2) is 76.7 Å². The summed E-state index contributed by atoms with van der Waals surface area (Å²) in [6, 6.07) is 7.65. The molecule has 1 aliphatic rings. The van der Waals surface area contributed by atoms with E-state index in [4.69, 9.17) is 9.72 Å². The Hall–Kier alpha value is -4.19. The maximum atomic E-state index is 13.5. The second-order valence-corrected chi connectivity index (χ2v) is 10.9. The molecular weight excluding hydrogens is 556 g/mol. The number of hydrogen-bond acceptors (Lipinski definition) is 9. The quantitative estimate of drug-likeness (QED) is 0.296. The fourth-order valence-corrected chi connectivity index (χ4v) is 5.70. The van der Waals surface area contributed by atoms with Gasteiger partial charge in [-0.2, -0.15) is 4.98 Å². The van der Waals surface area contributed by atoms with Gasteiger partial charge in [0.25, 0.3) is 5.91 Å². The van der Waals surface area contributed by atoms with Crippen LogP contribution in [0.2, 0.25) is 0 Å². The van der Waals surface area contributed by atoms with Crippen molar-refractivity contribution in [3.63, 3.8) is 0 Å². The van der Waals surface area contributed by atoms with Crippen LogP contribution in [0, 0.1) is 6.92 Å². The minimum Gasteiger partial charge on any atom is -0.480 e. The normalized spacial score (nSPS) is 13.5. The van der Waals surface area contributed by atoms with Crippen molar-refractivity contribution < 1.29 is 24.2 Å². The molecule has 4 rings (SSSR count). The second-order valence-electron chi connectivity index (χ2n) is 10.0. The molecule has 42 heavy (non-hydrogen) atoms. The highest BCUT2D eigenvalue weighted by Gasteiger charge is 2.27. The highest BCUT2D eigenvalue weighted by Crippen LogP contribution is 2.30. The summed E-state index contributed by atoms with van der Waals surface area (Å²) >= 11 is 1.36. The molecule has 1 aliphatic heterocycles. The summed E-state index contributed by atoms with van der Waals surface area (Å²) in [5.74, 6) is -0.163. The predicted octanol–water partition coefficient (Wildman–Crippen LogP) is 5.06. The molecule has 3 heterocycles. The van der Waals surface area contributed by atoms with Crippen LogP contribution in [0.3, 0.4) is 0 Å². The van der Waals surface area contributed by atoms with Gasteiger partial charge in [-0.25, -0.2) is 14.6 Å². The Morgan fingerprint density at radius 1 is 1.07 bits per heavy atom. The van der Waals surface area contributed by atoms with Crippen molar-refractivity contribution in [2.75, 3.05) is 47.8 Å². The first-order valence-electron chi connectivity index (χ1n) is 14.3. The number of carboxylic acids is 1. The van der Waals surface area contributed by atoms with Gasteiger partial charge in [-0.15, -0.1) is 11.3 Å². The van der Waals surface area contributed by atoms with Gasteiger partial charge in [-0.3, -0.25) is 4.79 Å². The number of likely N-dealkylation sites (tertiary alicyclic amines) is 1. The van der Waals surface area contributed by atoms with E-state index in [0.717, 1.165) is 24.0 Å². The number of carbonyl (C=O) groups is 3. The largest absolute Gasteiger partial charge is 0.480 e. The fraction of sp³-hybridized carbons (Fsp3) is 0.433. The Balaban J connectivity index is 1.59. The van der Waals surface area contributed by atoms with Gasteiger partial charge in [-0.1, -0.05) is 12.1 Å². The third-order valence-corrected chi connectivity index (χ3v) is 8.26. The number of amides is 2. The van der Waals surface area contributed by atoms with E-state index in [1.165, 1.54) is 11.3 Å². The predicted molar refractivity (Wildman–Crippen MR) is 164 cm³/mol. The highest BCUT2D eigenvalue weighted by molar-refractivity contribution is 7.12. The van der Waals surface area contributed by atoms with Crippen molar-refractivity contribution in [3.8, 4) is 5.75 Å². The molecule has 12 heteroatoms. The maximum absolute atomic E-state index is 13.5. The van der Waals surface area contributed by atoms with E-state index < -0.39 is 12.0 Å². The Labute approximate surface area is 250 Å². The van der Waals surface area contributed by atoms with Crippen LogP contribution in [-0.2, 0) is 11.2 Å². The van der Waals surface area contributed by atoms with Gasteiger partial charge in [0.05, 0.1) is 11.1 Å². The van der Waals surface area contributed by atoms with E-state index in [0.29, 0.717) is 55.0 Å². The summed E-state index contributed by atoms with van der Waals surface area (Å²) in [6.07, 6.45) is 3.28. The Morgan fingerprint density at radius 3 is 2.33 bits per heavy atom. The Bertz CT molecular complexity index is 1390. The zero-order valence-electron chi connectivity index (χ0n) is 24.5. The molecule has 224 valence electrons. The van der Waals surface area contributed by atoms with Gasteiger partial charge in [-0.05, 0) is 75.2 Å². The van der Waals surface area contributed by atoms with Gasteiger partial charge in [0.15, 0.2) is 5.82 Å². The zero-order valence-corrected chi connectivity index (χ0v) is 25.3. The number of carboxylic acid groups (broad SMARTS) is 1. The summed E-state index contributed by atoms with van der Waals surface area (Å²) in [7, 11) is 0. The molecule has 3 aromatic rings. The molecule has 1 aromatic carbocycles. The number of aromatic nitrogens is 2. The number of thiophene rings is 1. The minimum absolute atomic E-state index is 0.129. The van der Waals surface area contributed by atoms with Crippen LogP contribution in [0.5, 0.6) is 5.75 Å². The molecule has 11 nitrogen and oxygen atoms in total. The van der Waals surface area contributed by atoms with Gasteiger partial charge >= 0.3 is 12.1 Å². The molecule has 0 bridgehead atoms. The molecule has 1 atom stereocenters. The van der Waals surface area contributed by atoms with Gasteiger partial charge < -0.3 is 29.9 Å².